The van der Waals surface area contributed by atoms with Crippen molar-refractivity contribution in [3.63, 3.8) is 0 Å². The van der Waals surface area contributed by atoms with E-state index in [2.05, 4.69) is 37.2 Å². The predicted molar refractivity (Wildman–Crippen MR) is 89.2 cm³/mol. The summed E-state index contributed by atoms with van der Waals surface area (Å²) in [4.78, 5) is 23.9. The number of nitrogens with two attached hydrogens (primary N) is 1. The maximum Gasteiger partial charge on any atom is 0.340 e. The van der Waals surface area contributed by atoms with Gasteiger partial charge in [-0.25, -0.2) is 4.79 Å². The zero-order valence-corrected chi connectivity index (χ0v) is 15.2. The molecule has 7 heteroatoms. The molecule has 116 valence electrons. The summed E-state index contributed by atoms with van der Waals surface area (Å²) in [6.07, 6.45) is 0.563. The van der Waals surface area contributed by atoms with Crippen molar-refractivity contribution in [3.05, 3.63) is 26.6 Å². The summed E-state index contributed by atoms with van der Waals surface area (Å²) >= 11 is 6.63. The lowest BCUT2D eigenvalue weighted by atomic mass is 10.0. The molecule has 0 spiro atoms. The molecule has 0 bridgehead atoms. The SMILES string of the molecule is COC(=O)c1cc(Br)cc(Br)c1NC(=O)[C@H](N)CC(C)C. The zero-order valence-electron chi connectivity index (χ0n) is 12.1. The fourth-order valence-electron chi connectivity index (χ4n) is 1.80. The largest absolute Gasteiger partial charge is 0.465 e. The van der Waals surface area contributed by atoms with Gasteiger partial charge in [-0.15, -0.1) is 0 Å². The number of amides is 1. The first kappa shape index (κ1) is 18.1. The predicted octanol–water partition coefficient (Wildman–Crippen LogP) is 3.31. The summed E-state index contributed by atoms with van der Waals surface area (Å²) in [6.45, 7) is 3.98. The van der Waals surface area contributed by atoms with E-state index in [4.69, 9.17) is 10.5 Å². The Balaban J connectivity index is 3.07. The standard InChI is InChI=1S/C14H18Br2N2O3/c1-7(2)4-11(17)13(19)18-12-9(14(20)21-3)5-8(15)6-10(12)16/h5-7,11H,4,17H2,1-3H3,(H,18,19)/t11-/m1/s1. The molecule has 1 amide bonds. The highest BCUT2D eigenvalue weighted by Gasteiger charge is 2.21. The molecule has 0 unspecified atom stereocenters. The molecule has 3 N–H and O–H groups in total. The number of anilines is 1. The molecule has 0 aliphatic rings. The fraction of sp³-hybridized carbons (Fsp3) is 0.429. The van der Waals surface area contributed by atoms with Crippen LogP contribution in [0.3, 0.4) is 0 Å². The molecule has 5 nitrogen and oxygen atoms in total. The number of esters is 1. The number of hydrogen-bond donors (Lipinski definition) is 2. The summed E-state index contributed by atoms with van der Waals surface area (Å²) in [5.41, 5.74) is 6.46. The third kappa shape index (κ3) is 5.09. The van der Waals surface area contributed by atoms with Gasteiger partial charge in [0.15, 0.2) is 0 Å². The van der Waals surface area contributed by atoms with Crippen LogP contribution in [0.15, 0.2) is 21.1 Å². The lowest BCUT2D eigenvalue weighted by molar-refractivity contribution is -0.117. The van der Waals surface area contributed by atoms with Crippen LogP contribution in [0.5, 0.6) is 0 Å². The molecular weight excluding hydrogens is 404 g/mol. The minimum absolute atomic E-state index is 0.254. The van der Waals surface area contributed by atoms with Crippen molar-refractivity contribution in [2.24, 2.45) is 11.7 Å². The van der Waals surface area contributed by atoms with Crippen LogP contribution < -0.4 is 11.1 Å². The fourth-order valence-corrected chi connectivity index (χ4v) is 3.13. The second kappa shape index (κ2) is 7.91. The van der Waals surface area contributed by atoms with Gasteiger partial charge in [0.2, 0.25) is 5.91 Å². The Hall–Kier alpha value is -0.920. The van der Waals surface area contributed by atoms with E-state index in [1.807, 2.05) is 13.8 Å². The maximum absolute atomic E-state index is 12.1. The summed E-state index contributed by atoms with van der Waals surface area (Å²) < 4.78 is 6.00. The van der Waals surface area contributed by atoms with Gasteiger partial charge in [0.05, 0.1) is 24.4 Å². The Labute approximate surface area is 140 Å². The van der Waals surface area contributed by atoms with Gasteiger partial charge in [0.1, 0.15) is 0 Å². The first-order valence-electron chi connectivity index (χ1n) is 6.40. The van der Waals surface area contributed by atoms with Gasteiger partial charge in [-0.2, -0.15) is 0 Å². The normalized spacial score (nSPS) is 12.1. The van der Waals surface area contributed by atoms with Crippen LogP contribution in [0.4, 0.5) is 5.69 Å². The number of ether oxygens (including phenoxy) is 1. The molecule has 1 rings (SSSR count). The van der Waals surface area contributed by atoms with Gasteiger partial charge in [-0.05, 0) is 40.4 Å². The number of halogens is 2. The highest BCUT2D eigenvalue weighted by atomic mass is 79.9. The molecule has 0 saturated heterocycles. The van der Waals surface area contributed by atoms with Crippen molar-refractivity contribution in [1.82, 2.24) is 0 Å². The molecule has 0 saturated carbocycles. The molecule has 1 aromatic carbocycles. The Morgan fingerprint density at radius 1 is 1.33 bits per heavy atom. The van der Waals surface area contributed by atoms with Gasteiger partial charge in [0, 0.05) is 8.95 Å². The topological polar surface area (TPSA) is 81.4 Å². The van der Waals surface area contributed by atoms with E-state index >= 15 is 0 Å². The van der Waals surface area contributed by atoms with Crippen LogP contribution in [0.2, 0.25) is 0 Å². The lowest BCUT2D eigenvalue weighted by Crippen LogP contribution is -2.37. The Morgan fingerprint density at radius 2 is 1.95 bits per heavy atom. The Bertz CT molecular complexity index is 547. The third-order valence-electron chi connectivity index (χ3n) is 2.77. The molecular formula is C14H18Br2N2O3. The van der Waals surface area contributed by atoms with Crippen molar-refractivity contribution >= 4 is 49.4 Å². The van der Waals surface area contributed by atoms with Crippen molar-refractivity contribution < 1.29 is 14.3 Å². The molecule has 0 aliphatic heterocycles. The molecule has 0 heterocycles. The molecule has 0 aromatic heterocycles. The highest BCUT2D eigenvalue weighted by molar-refractivity contribution is 9.11. The Kier molecular flexibility index (Phi) is 6.83. The number of carbonyl (C=O) groups is 2. The second-order valence-electron chi connectivity index (χ2n) is 5.03. The monoisotopic (exact) mass is 420 g/mol. The van der Waals surface area contributed by atoms with Crippen LogP contribution >= 0.6 is 31.9 Å². The van der Waals surface area contributed by atoms with Crippen LogP contribution in [-0.4, -0.2) is 25.0 Å². The molecule has 0 aliphatic carbocycles. The van der Waals surface area contributed by atoms with Crippen LogP contribution in [-0.2, 0) is 9.53 Å². The summed E-state index contributed by atoms with van der Waals surface area (Å²) in [6, 6.07) is 2.68. The molecule has 1 atom stereocenters. The van der Waals surface area contributed by atoms with Crippen molar-refractivity contribution in [2.75, 3.05) is 12.4 Å². The summed E-state index contributed by atoms with van der Waals surface area (Å²) in [5, 5.41) is 2.69. The van der Waals surface area contributed by atoms with Crippen LogP contribution in [0, 0.1) is 5.92 Å². The van der Waals surface area contributed by atoms with E-state index in [9.17, 15) is 9.59 Å². The van der Waals surface area contributed by atoms with E-state index < -0.39 is 12.0 Å². The van der Waals surface area contributed by atoms with E-state index in [1.54, 1.807) is 12.1 Å². The number of carbonyl (C=O) groups excluding carboxylic acids is 2. The molecule has 21 heavy (non-hydrogen) atoms. The van der Waals surface area contributed by atoms with Crippen molar-refractivity contribution in [1.29, 1.82) is 0 Å². The van der Waals surface area contributed by atoms with Crippen molar-refractivity contribution in [3.8, 4) is 0 Å². The summed E-state index contributed by atoms with van der Waals surface area (Å²) in [5.74, 6) is -0.569. The third-order valence-corrected chi connectivity index (χ3v) is 3.85. The average Bonchev–Trinajstić information content (AvgIpc) is 2.39. The van der Waals surface area contributed by atoms with Gasteiger partial charge in [0.25, 0.3) is 0 Å². The quantitative estimate of drug-likeness (QED) is 0.714. The van der Waals surface area contributed by atoms with Crippen LogP contribution in [0.1, 0.15) is 30.6 Å². The number of methoxy groups -OCH3 is 1. The number of nitrogens with one attached hydrogen (secondary N) is 1. The molecule has 0 radical (unpaired) electrons. The minimum atomic E-state index is -0.633. The van der Waals surface area contributed by atoms with Gasteiger partial charge in [-0.3, -0.25) is 4.79 Å². The van der Waals surface area contributed by atoms with Crippen LogP contribution in [0.25, 0.3) is 0 Å². The Morgan fingerprint density at radius 3 is 2.48 bits per heavy atom. The number of hydrogen-bond acceptors (Lipinski definition) is 4. The maximum atomic E-state index is 12.1. The number of rotatable bonds is 5. The van der Waals surface area contributed by atoms with Gasteiger partial charge >= 0.3 is 5.97 Å². The summed E-state index contributed by atoms with van der Waals surface area (Å²) in [7, 11) is 1.28. The smallest absolute Gasteiger partial charge is 0.340 e. The van der Waals surface area contributed by atoms with E-state index in [0.717, 1.165) is 0 Å². The van der Waals surface area contributed by atoms with E-state index in [1.165, 1.54) is 7.11 Å². The molecule has 1 aromatic rings. The van der Waals surface area contributed by atoms with Gasteiger partial charge < -0.3 is 15.8 Å². The first-order chi connectivity index (χ1) is 9.76. The van der Waals surface area contributed by atoms with Crippen molar-refractivity contribution in [2.45, 2.75) is 26.3 Å². The minimum Gasteiger partial charge on any atom is -0.465 e. The number of benzene rings is 1. The second-order valence-corrected chi connectivity index (χ2v) is 6.80. The average molecular weight is 422 g/mol. The molecule has 0 fully saturated rings. The van der Waals surface area contributed by atoms with E-state index in [-0.39, 0.29) is 11.5 Å². The van der Waals surface area contributed by atoms with E-state index in [0.29, 0.717) is 27.0 Å². The first-order valence-corrected chi connectivity index (χ1v) is 7.98. The lowest BCUT2D eigenvalue weighted by Gasteiger charge is -2.17. The van der Waals surface area contributed by atoms with Gasteiger partial charge in [-0.1, -0.05) is 29.8 Å². The highest BCUT2D eigenvalue weighted by Crippen LogP contribution is 2.31. The zero-order chi connectivity index (χ0) is 16.2.